The molecule has 1 aliphatic heterocycles. The molecule has 0 atom stereocenters. The zero-order chi connectivity index (χ0) is 21.6. The van der Waals surface area contributed by atoms with Crippen LogP contribution in [-0.2, 0) is 19.5 Å². The van der Waals surface area contributed by atoms with E-state index in [0.717, 1.165) is 60.1 Å². The predicted molar refractivity (Wildman–Crippen MR) is 122 cm³/mol. The van der Waals surface area contributed by atoms with E-state index in [1.165, 1.54) is 6.42 Å². The molecule has 0 spiro atoms. The number of carbonyl (C=O) groups is 1. The van der Waals surface area contributed by atoms with Gasteiger partial charge in [0, 0.05) is 24.3 Å². The number of aromatic nitrogens is 3. The number of nitrogens with one attached hydrogen (secondary N) is 1. The number of nitrogens with zero attached hydrogens (tertiary/aromatic N) is 4. The zero-order valence-electron chi connectivity index (χ0n) is 18.2. The van der Waals surface area contributed by atoms with Crippen molar-refractivity contribution in [1.82, 2.24) is 14.8 Å². The van der Waals surface area contributed by atoms with Gasteiger partial charge in [0.05, 0.1) is 13.2 Å². The molecule has 7 heteroatoms. The summed E-state index contributed by atoms with van der Waals surface area (Å²) in [4.78, 5) is 15.0. The fourth-order valence-electron chi connectivity index (χ4n) is 3.80. The molecular weight excluding hydrogens is 390 g/mol. The number of ether oxygens (including phenoxy) is 1. The van der Waals surface area contributed by atoms with Gasteiger partial charge in [0.2, 0.25) is 0 Å². The molecule has 0 bridgehead atoms. The van der Waals surface area contributed by atoms with Crippen LogP contribution in [0.2, 0.25) is 0 Å². The number of aryl methyl sites for hydroxylation is 2. The monoisotopic (exact) mass is 419 g/mol. The minimum absolute atomic E-state index is 0.209. The van der Waals surface area contributed by atoms with Crippen molar-refractivity contribution < 1.29 is 9.53 Å². The van der Waals surface area contributed by atoms with E-state index in [1.807, 2.05) is 62.4 Å². The summed E-state index contributed by atoms with van der Waals surface area (Å²) in [7, 11) is 0. The fourth-order valence-corrected chi connectivity index (χ4v) is 3.80. The third-order valence-electron chi connectivity index (χ3n) is 5.49. The van der Waals surface area contributed by atoms with Crippen LogP contribution in [0.3, 0.4) is 0 Å². The van der Waals surface area contributed by atoms with Crippen molar-refractivity contribution in [2.24, 2.45) is 0 Å². The van der Waals surface area contributed by atoms with Crippen LogP contribution < -0.4 is 15.0 Å². The maximum atomic E-state index is 13.3. The van der Waals surface area contributed by atoms with Gasteiger partial charge in [0.25, 0.3) is 0 Å². The lowest BCUT2D eigenvalue weighted by molar-refractivity contribution is 0.256. The maximum absolute atomic E-state index is 13.3. The van der Waals surface area contributed by atoms with Crippen LogP contribution in [0.1, 0.15) is 43.4 Å². The highest BCUT2D eigenvalue weighted by atomic mass is 16.5. The van der Waals surface area contributed by atoms with Crippen LogP contribution in [0.15, 0.2) is 48.5 Å². The molecule has 0 unspecified atom stereocenters. The molecule has 2 amide bonds. The Morgan fingerprint density at radius 3 is 2.58 bits per heavy atom. The minimum Gasteiger partial charge on any atom is -0.494 e. The Hall–Kier alpha value is -3.35. The molecule has 3 aromatic rings. The Morgan fingerprint density at radius 1 is 1.06 bits per heavy atom. The van der Waals surface area contributed by atoms with Crippen LogP contribution in [0.5, 0.6) is 5.75 Å². The Labute approximate surface area is 183 Å². The Balaban J connectivity index is 1.61. The summed E-state index contributed by atoms with van der Waals surface area (Å²) in [6.07, 6.45) is 4.37. The van der Waals surface area contributed by atoms with Crippen molar-refractivity contribution in [2.45, 2.75) is 52.6 Å². The van der Waals surface area contributed by atoms with Crippen LogP contribution in [-0.4, -0.2) is 27.4 Å². The number of rotatable bonds is 6. The summed E-state index contributed by atoms with van der Waals surface area (Å²) in [6, 6.07) is 15.1. The van der Waals surface area contributed by atoms with Gasteiger partial charge in [-0.25, -0.2) is 4.79 Å². The molecular formula is C24H29N5O2. The number of hydrogen-bond acceptors (Lipinski definition) is 4. The minimum atomic E-state index is -0.209. The van der Waals surface area contributed by atoms with Gasteiger partial charge in [-0.15, -0.1) is 10.2 Å². The second-order valence-corrected chi connectivity index (χ2v) is 7.80. The lowest BCUT2D eigenvalue weighted by Crippen LogP contribution is -2.35. The smallest absolute Gasteiger partial charge is 0.326 e. The van der Waals surface area contributed by atoms with E-state index in [4.69, 9.17) is 4.74 Å². The number of amides is 2. The molecule has 1 aromatic heterocycles. The van der Waals surface area contributed by atoms with Gasteiger partial charge in [0.15, 0.2) is 5.82 Å². The molecule has 0 saturated carbocycles. The van der Waals surface area contributed by atoms with Crippen molar-refractivity contribution in [1.29, 1.82) is 0 Å². The summed E-state index contributed by atoms with van der Waals surface area (Å²) in [5.41, 5.74) is 2.68. The molecule has 2 heterocycles. The standard InChI is InChI=1S/C24H29N5O2/c1-3-31-21-14-12-20(13-15-21)29(24(30)25-19-10-8-18(2)9-11-19)17-23-27-26-22-7-5-4-6-16-28(22)23/h8-15H,3-7,16-17H2,1-2H3,(H,25,30). The zero-order valence-corrected chi connectivity index (χ0v) is 18.2. The summed E-state index contributed by atoms with van der Waals surface area (Å²) in [5.74, 6) is 2.60. The Morgan fingerprint density at radius 2 is 1.84 bits per heavy atom. The molecule has 162 valence electrons. The number of benzene rings is 2. The molecule has 0 fully saturated rings. The van der Waals surface area contributed by atoms with Crippen molar-refractivity contribution in [3.8, 4) is 5.75 Å². The third kappa shape index (κ3) is 5.05. The number of fused-ring (bicyclic) bond motifs is 1. The first-order valence-corrected chi connectivity index (χ1v) is 10.9. The molecule has 0 aliphatic carbocycles. The second kappa shape index (κ2) is 9.64. The Kier molecular flexibility index (Phi) is 6.50. The average molecular weight is 420 g/mol. The van der Waals surface area contributed by atoms with Gasteiger partial charge in [-0.1, -0.05) is 24.1 Å². The first-order valence-electron chi connectivity index (χ1n) is 10.9. The third-order valence-corrected chi connectivity index (χ3v) is 5.49. The molecule has 7 nitrogen and oxygen atoms in total. The SMILES string of the molecule is CCOc1ccc(N(Cc2nnc3n2CCCCC3)C(=O)Nc2ccc(C)cc2)cc1. The van der Waals surface area contributed by atoms with Gasteiger partial charge in [-0.05, 0) is 63.1 Å². The first-order chi connectivity index (χ1) is 15.1. The highest BCUT2D eigenvalue weighted by Gasteiger charge is 2.22. The van der Waals surface area contributed by atoms with Crippen LogP contribution in [0.25, 0.3) is 0 Å². The van der Waals surface area contributed by atoms with Crippen LogP contribution >= 0.6 is 0 Å². The summed E-state index contributed by atoms with van der Waals surface area (Å²) in [5, 5.41) is 11.8. The maximum Gasteiger partial charge on any atom is 0.326 e. The predicted octanol–water partition coefficient (Wildman–Crippen LogP) is 4.95. The highest BCUT2D eigenvalue weighted by Crippen LogP contribution is 2.24. The second-order valence-electron chi connectivity index (χ2n) is 7.80. The molecule has 31 heavy (non-hydrogen) atoms. The molecule has 1 N–H and O–H groups in total. The highest BCUT2D eigenvalue weighted by molar-refractivity contribution is 6.01. The van der Waals surface area contributed by atoms with E-state index in [0.29, 0.717) is 13.2 Å². The van der Waals surface area contributed by atoms with E-state index >= 15 is 0 Å². The van der Waals surface area contributed by atoms with Crippen LogP contribution in [0, 0.1) is 6.92 Å². The van der Waals surface area contributed by atoms with Gasteiger partial charge in [0.1, 0.15) is 11.6 Å². The molecule has 2 aromatic carbocycles. The summed E-state index contributed by atoms with van der Waals surface area (Å²) >= 11 is 0. The summed E-state index contributed by atoms with van der Waals surface area (Å²) < 4.78 is 7.73. The lowest BCUT2D eigenvalue weighted by Gasteiger charge is -2.23. The van der Waals surface area contributed by atoms with Gasteiger partial charge in [-0.2, -0.15) is 0 Å². The molecule has 4 rings (SSSR count). The van der Waals surface area contributed by atoms with Crippen molar-refractivity contribution in [3.63, 3.8) is 0 Å². The van der Waals surface area contributed by atoms with Crippen molar-refractivity contribution in [2.75, 3.05) is 16.8 Å². The van der Waals surface area contributed by atoms with Gasteiger partial charge in [-0.3, -0.25) is 4.90 Å². The van der Waals surface area contributed by atoms with E-state index in [9.17, 15) is 4.79 Å². The first kappa shape index (κ1) is 20.9. The quantitative estimate of drug-likeness (QED) is 0.614. The normalized spacial score (nSPS) is 13.2. The van der Waals surface area contributed by atoms with E-state index in [-0.39, 0.29) is 6.03 Å². The van der Waals surface area contributed by atoms with Crippen LogP contribution in [0.4, 0.5) is 16.2 Å². The van der Waals surface area contributed by atoms with E-state index < -0.39 is 0 Å². The lowest BCUT2D eigenvalue weighted by atomic mass is 10.2. The topological polar surface area (TPSA) is 72.3 Å². The number of carbonyl (C=O) groups excluding carboxylic acids is 1. The van der Waals surface area contributed by atoms with Gasteiger partial charge >= 0.3 is 6.03 Å². The van der Waals surface area contributed by atoms with Crippen molar-refractivity contribution >= 4 is 17.4 Å². The molecule has 0 radical (unpaired) electrons. The number of urea groups is 1. The molecule has 0 saturated heterocycles. The van der Waals surface area contributed by atoms with E-state index in [2.05, 4.69) is 20.1 Å². The van der Waals surface area contributed by atoms with Gasteiger partial charge < -0.3 is 14.6 Å². The fraction of sp³-hybridized carbons (Fsp3) is 0.375. The Bertz CT molecular complexity index is 1010. The molecule has 1 aliphatic rings. The number of anilines is 2. The van der Waals surface area contributed by atoms with E-state index in [1.54, 1.807) is 4.90 Å². The average Bonchev–Trinajstić information content (AvgIpc) is 3.00. The number of hydrogen-bond donors (Lipinski definition) is 1. The summed E-state index contributed by atoms with van der Waals surface area (Å²) in [6.45, 7) is 5.82. The largest absolute Gasteiger partial charge is 0.494 e. The van der Waals surface area contributed by atoms with Crippen molar-refractivity contribution in [3.05, 3.63) is 65.7 Å².